The highest BCUT2D eigenvalue weighted by molar-refractivity contribution is 5.77. The molecule has 0 heterocycles. The second-order valence-corrected chi connectivity index (χ2v) is 2.75. The van der Waals surface area contributed by atoms with Crippen LogP contribution in [0.3, 0.4) is 0 Å². The van der Waals surface area contributed by atoms with Crippen LogP contribution in [0.2, 0.25) is 0 Å². The van der Waals surface area contributed by atoms with Gasteiger partial charge >= 0.3 is 5.97 Å². The molecule has 0 bridgehead atoms. The molecule has 0 aromatic heterocycles. The molecule has 1 aromatic carbocycles. The Balaban J connectivity index is 2.55. The Hall–Kier alpha value is -1.35. The second-order valence-electron chi connectivity index (χ2n) is 2.75. The van der Waals surface area contributed by atoms with E-state index in [0.29, 0.717) is 12.2 Å². The summed E-state index contributed by atoms with van der Waals surface area (Å²) in [7, 11) is 0. The van der Waals surface area contributed by atoms with Crippen molar-refractivity contribution >= 4 is 5.97 Å². The van der Waals surface area contributed by atoms with Gasteiger partial charge in [0, 0.05) is 0 Å². The van der Waals surface area contributed by atoms with E-state index in [-0.39, 0.29) is 5.97 Å². The highest BCUT2D eigenvalue weighted by atomic mass is 16.5. The molecule has 13 heavy (non-hydrogen) atoms. The Kier molecular flexibility index (Phi) is 3.46. The van der Waals surface area contributed by atoms with Gasteiger partial charge in [0.05, 0.1) is 0 Å². The number of nitrogens with two attached hydrogens (primary N) is 1. The van der Waals surface area contributed by atoms with Crippen molar-refractivity contribution < 1.29 is 9.53 Å². The van der Waals surface area contributed by atoms with E-state index >= 15 is 0 Å². The van der Waals surface area contributed by atoms with Crippen molar-refractivity contribution in [3.63, 3.8) is 0 Å². The van der Waals surface area contributed by atoms with Crippen molar-refractivity contribution in [3.05, 3.63) is 30.3 Å². The van der Waals surface area contributed by atoms with E-state index in [0.717, 1.165) is 0 Å². The molecule has 1 atom stereocenters. The second kappa shape index (κ2) is 4.62. The number of rotatable bonds is 3. The third kappa shape index (κ3) is 2.87. The van der Waals surface area contributed by atoms with E-state index in [1.165, 1.54) is 0 Å². The van der Waals surface area contributed by atoms with Crippen LogP contribution in [0.15, 0.2) is 30.3 Å². The first kappa shape index (κ1) is 9.74. The summed E-state index contributed by atoms with van der Waals surface area (Å²) >= 11 is 0. The lowest BCUT2D eigenvalue weighted by Crippen LogP contribution is -2.33. The van der Waals surface area contributed by atoms with E-state index in [4.69, 9.17) is 10.5 Å². The number of benzene rings is 1. The number of ether oxygens (including phenoxy) is 1. The Morgan fingerprint density at radius 3 is 2.62 bits per heavy atom. The summed E-state index contributed by atoms with van der Waals surface area (Å²) in [4.78, 5) is 11.2. The third-order valence-electron chi connectivity index (χ3n) is 1.70. The fourth-order valence-corrected chi connectivity index (χ4v) is 0.847. The maximum Gasteiger partial charge on any atom is 0.328 e. The quantitative estimate of drug-likeness (QED) is 0.562. The van der Waals surface area contributed by atoms with Gasteiger partial charge in [-0.3, -0.25) is 0 Å². The van der Waals surface area contributed by atoms with Crippen molar-refractivity contribution in [2.24, 2.45) is 5.73 Å². The molecule has 0 spiro atoms. The number of hydrogen-bond acceptors (Lipinski definition) is 3. The number of esters is 1. The summed E-state index contributed by atoms with van der Waals surface area (Å²) in [6.07, 6.45) is 0.589. The molecular weight excluding hydrogens is 166 g/mol. The molecule has 70 valence electrons. The van der Waals surface area contributed by atoms with E-state index < -0.39 is 6.04 Å². The van der Waals surface area contributed by atoms with Gasteiger partial charge in [-0.25, -0.2) is 4.79 Å². The Morgan fingerprint density at radius 2 is 2.08 bits per heavy atom. The Morgan fingerprint density at radius 1 is 1.46 bits per heavy atom. The van der Waals surface area contributed by atoms with Crippen molar-refractivity contribution in [1.82, 2.24) is 0 Å². The van der Waals surface area contributed by atoms with Crippen molar-refractivity contribution in [3.8, 4) is 5.75 Å². The topological polar surface area (TPSA) is 52.3 Å². The number of para-hydroxylation sites is 1. The zero-order chi connectivity index (χ0) is 9.68. The van der Waals surface area contributed by atoms with Crippen molar-refractivity contribution in [1.29, 1.82) is 0 Å². The summed E-state index contributed by atoms with van der Waals surface area (Å²) in [5.74, 6) is 0.158. The van der Waals surface area contributed by atoms with Crippen LogP contribution in [-0.2, 0) is 4.79 Å². The molecular formula is C10H13NO2. The van der Waals surface area contributed by atoms with Crippen LogP contribution in [0.1, 0.15) is 13.3 Å². The first-order valence-corrected chi connectivity index (χ1v) is 4.26. The van der Waals surface area contributed by atoms with Gasteiger partial charge in [-0.05, 0) is 18.6 Å². The molecule has 2 N–H and O–H groups in total. The molecule has 3 nitrogen and oxygen atoms in total. The van der Waals surface area contributed by atoms with E-state index in [9.17, 15) is 4.79 Å². The fourth-order valence-electron chi connectivity index (χ4n) is 0.847. The first-order valence-electron chi connectivity index (χ1n) is 4.26. The smallest absolute Gasteiger partial charge is 0.328 e. The lowest BCUT2D eigenvalue weighted by atomic mass is 10.2. The third-order valence-corrected chi connectivity index (χ3v) is 1.70. The summed E-state index contributed by atoms with van der Waals surface area (Å²) in [5.41, 5.74) is 5.49. The number of carbonyl (C=O) groups is 1. The molecule has 0 unspecified atom stereocenters. The molecule has 0 radical (unpaired) electrons. The minimum absolute atomic E-state index is 0.381. The predicted octanol–water partition coefficient (Wildman–Crippen LogP) is 1.33. The largest absolute Gasteiger partial charge is 0.425 e. The van der Waals surface area contributed by atoms with Gasteiger partial charge < -0.3 is 10.5 Å². The molecule has 0 saturated heterocycles. The standard InChI is InChI=1S/C10H13NO2/c1-2-9(11)10(12)13-8-6-4-3-5-7-8/h3-7,9H,2,11H2,1H3/t9-/m0/s1. The minimum Gasteiger partial charge on any atom is -0.425 e. The molecule has 0 aliphatic heterocycles. The molecule has 0 saturated carbocycles. The van der Waals surface area contributed by atoms with Crippen molar-refractivity contribution in [2.45, 2.75) is 19.4 Å². The molecule has 0 amide bonds. The van der Waals surface area contributed by atoms with Crippen LogP contribution < -0.4 is 10.5 Å². The maximum atomic E-state index is 11.2. The van der Waals surface area contributed by atoms with E-state index in [2.05, 4.69) is 0 Å². The van der Waals surface area contributed by atoms with Gasteiger partial charge in [-0.2, -0.15) is 0 Å². The van der Waals surface area contributed by atoms with Crippen LogP contribution in [0.25, 0.3) is 0 Å². The molecule has 1 rings (SSSR count). The highest BCUT2D eigenvalue weighted by Gasteiger charge is 2.12. The van der Waals surface area contributed by atoms with Gasteiger partial charge in [-0.1, -0.05) is 25.1 Å². The number of hydrogen-bond donors (Lipinski definition) is 1. The normalized spacial score (nSPS) is 12.2. The SMILES string of the molecule is CC[C@H](N)C(=O)Oc1ccccc1. The van der Waals surface area contributed by atoms with Gasteiger partial charge in [0.15, 0.2) is 0 Å². The van der Waals surface area contributed by atoms with Crippen molar-refractivity contribution in [2.75, 3.05) is 0 Å². The summed E-state index contributed by atoms with van der Waals surface area (Å²) in [5, 5.41) is 0. The average Bonchev–Trinajstić information content (AvgIpc) is 2.18. The fraction of sp³-hybridized carbons (Fsp3) is 0.300. The molecule has 3 heteroatoms. The monoisotopic (exact) mass is 179 g/mol. The Labute approximate surface area is 77.5 Å². The summed E-state index contributed by atoms with van der Waals surface area (Å²) in [6.45, 7) is 1.84. The van der Waals surface area contributed by atoms with Gasteiger partial charge in [0.25, 0.3) is 0 Å². The highest BCUT2D eigenvalue weighted by Crippen LogP contribution is 2.09. The minimum atomic E-state index is -0.528. The average molecular weight is 179 g/mol. The van der Waals surface area contributed by atoms with E-state index in [1.54, 1.807) is 24.3 Å². The zero-order valence-electron chi connectivity index (χ0n) is 7.57. The lowest BCUT2D eigenvalue weighted by molar-refractivity contribution is -0.135. The molecule has 1 aromatic rings. The molecule has 0 fully saturated rings. The number of carbonyl (C=O) groups excluding carboxylic acids is 1. The molecule has 0 aliphatic rings. The summed E-state index contributed by atoms with van der Waals surface area (Å²) in [6, 6.07) is 8.39. The van der Waals surface area contributed by atoms with Crippen LogP contribution in [0.5, 0.6) is 5.75 Å². The first-order chi connectivity index (χ1) is 6.24. The zero-order valence-corrected chi connectivity index (χ0v) is 7.57. The lowest BCUT2D eigenvalue weighted by Gasteiger charge is -2.08. The van der Waals surface area contributed by atoms with Gasteiger partial charge in [0.2, 0.25) is 0 Å². The van der Waals surface area contributed by atoms with Crippen LogP contribution in [0.4, 0.5) is 0 Å². The maximum absolute atomic E-state index is 11.2. The van der Waals surface area contributed by atoms with Crippen LogP contribution in [-0.4, -0.2) is 12.0 Å². The summed E-state index contributed by atoms with van der Waals surface area (Å²) < 4.78 is 5.00. The van der Waals surface area contributed by atoms with Gasteiger partial charge in [-0.15, -0.1) is 0 Å². The van der Waals surface area contributed by atoms with Gasteiger partial charge in [0.1, 0.15) is 11.8 Å². The van der Waals surface area contributed by atoms with Crippen LogP contribution in [0, 0.1) is 0 Å². The van der Waals surface area contributed by atoms with Crippen LogP contribution >= 0.6 is 0 Å². The Bertz CT molecular complexity index is 272. The molecule has 0 aliphatic carbocycles. The van der Waals surface area contributed by atoms with E-state index in [1.807, 2.05) is 13.0 Å². The predicted molar refractivity (Wildman–Crippen MR) is 50.3 cm³/mol.